The van der Waals surface area contributed by atoms with Crippen molar-refractivity contribution in [1.82, 2.24) is 9.88 Å². The van der Waals surface area contributed by atoms with Gasteiger partial charge in [0.15, 0.2) is 0 Å². The molecule has 0 aliphatic rings. The van der Waals surface area contributed by atoms with Gasteiger partial charge in [-0.25, -0.2) is 4.79 Å². The summed E-state index contributed by atoms with van der Waals surface area (Å²) in [5.74, 6) is 0. The lowest BCUT2D eigenvalue weighted by Crippen LogP contribution is -2.24. The number of nitrogens with zero attached hydrogens (tertiary/aromatic N) is 3. The minimum Gasteiger partial charge on any atom is -0.336 e. The first-order valence-corrected chi connectivity index (χ1v) is 8.54. The van der Waals surface area contributed by atoms with Gasteiger partial charge < -0.3 is 9.88 Å². The Hall–Kier alpha value is -3.00. The molecule has 0 atom stereocenters. The van der Waals surface area contributed by atoms with Crippen molar-refractivity contribution in [3.63, 3.8) is 0 Å². The Labute approximate surface area is 147 Å². The first-order chi connectivity index (χ1) is 12.1. The number of hydrogen-bond acceptors (Lipinski definition) is 4. The average molecular weight is 356 g/mol. The molecule has 0 aliphatic heterocycles. The summed E-state index contributed by atoms with van der Waals surface area (Å²) in [6.07, 6.45) is 1.42. The maximum absolute atomic E-state index is 11.8. The number of nitrogens with one attached hydrogen (secondary N) is 1. The molecule has 3 aromatic rings. The Morgan fingerprint density at radius 3 is 2.80 bits per heavy atom. The number of benzene rings is 2. The standard InChI is InChI=1S/C17H16N4O3S/c1-2-18-16(22)19-17-20(11-15(25-17)21(23)24)10-13-8-5-7-12-6-3-4-9-14(12)13/h3-9,11H,2,10H2,1H3,(H,18,22). The number of carbonyl (C=O) groups is 1. The number of fused-ring (bicyclic) bond motifs is 1. The minimum absolute atomic E-state index is 0.0525. The summed E-state index contributed by atoms with van der Waals surface area (Å²) >= 11 is 0.883. The summed E-state index contributed by atoms with van der Waals surface area (Å²) in [5.41, 5.74) is 1.00. The van der Waals surface area contributed by atoms with E-state index in [2.05, 4.69) is 10.3 Å². The Morgan fingerprint density at radius 2 is 2.04 bits per heavy atom. The largest absolute Gasteiger partial charge is 0.343 e. The number of amides is 2. The normalized spacial score (nSPS) is 11.6. The lowest BCUT2D eigenvalue weighted by Gasteiger charge is -2.07. The van der Waals surface area contributed by atoms with Crippen molar-refractivity contribution in [2.24, 2.45) is 4.99 Å². The SMILES string of the molecule is CCNC(=O)N=c1sc([N+](=O)[O-])cn1Cc1cccc2ccccc12. The molecule has 25 heavy (non-hydrogen) atoms. The number of carbonyl (C=O) groups excluding carboxylic acids is 1. The zero-order chi connectivity index (χ0) is 17.8. The Kier molecular flexibility index (Phi) is 4.90. The molecule has 0 saturated heterocycles. The molecule has 8 heteroatoms. The number of rotatable bonds is 4. The Balaban J connectivity index is 2.06. The van der Waals surface area contributed by atoms with Gasteiger partial charge in [0.05, 0.1) is 17.7 Å². The van der Waals surface area contributed by atoms with E-state index < -0.39 is 11.0 Å². The van der Waals surface area contributed by atoms with Crippen LogP contribution in [0.4, 0.5) is 9.80 Å². The van der Waals surface area contributed by atoms with E-state index in [1.54, 1.807) is 11.5 Å². The highest BCUT2D eigenvalue weighted by Gasteiger charge is 2.14. The van der Waals surface area contributed by atoms with Gasteiger partial charge in [-0.1, -0.05) is 42.5 Å². The number of nitro groups is 1. The smallest absolute Gasteiger partial charge is 0.336 e. The van der Waals surface area contributed by atoms with Crippen LogP contribution in [-0.2, 0) is 6.54 Å². The molecule has 0 bridgehead atoms. The zero-order valence-corrected chi connectivity index (χ0v) is 14.3. The molecule has 7 nitrogen and oxygen atoms in total. The predicted molar refractivity (Wildman–Crippen MR) is 96.6 cm³/mol. The highest BCUT2D eigenvalue weighted by Crippen LogP contribution is 2.21. The van der Waals surface area contributed by atoms with E-state index >= 15 is 0 Å². The second-order valence-electron chi connectivity index (χ2n) is 5.32. The van der Waals surface area contributed by atoms with Crippen LogP contribution in [0.15, 0.2) is 53.7 Å². The molecule has 0 spiro atoms. The summed E-state index contributed by atoms with van der Waals surface area (Å²) in [6.45, 7) is 2.62. The van der Waals surface area contributed by atoms with Gasteiger partial charge >= 0.3 is 11.0 Å². The molecule has 1 aromatic heterocycles. The molecule has 1 N–H and O–H groups in total. The zero-order valence-electron chi connectivity index (χ0n) is 13.5. The lowest BCUT2D eigenvalue weighted by atomic mass is 10.0. The van der Waals surface area contributed by atoms with Crippen LogP contribution < -0.4 is 10.1 Å². The van der Waals surface area contributed by atoms with Gasteiger partial charge in [-0.15, -0.1) is 0 Å². The molecular formula is C17H16N4O3S. The summed E-state index contributed by atoms with van der Waals surface area (Å²) in [4.78, 5) is 26.6. The molecule has 0 radical (unpaired) electrons. The lowest BCUT2D eigenvalue weighted by molar-refractivity contribution is -0.380. The molecule has 1 heterocycles. The highest BCUT2D eigenvalue weighted by atomic mass is 32.1. The highest BCUT2D eigenvalue weighted by molar-refractivity contribution is 7.12. The minimum atomic E-state index is -0.508. The summed E-state index contributed by atoms with van der Waals surface area (Å²) in [7, 11) is 0. The van der Waals surface area contributed by atoms with Crippen LogP contribution in [0.1, 0.15) is 12.5 Å². The Bertz CT molecular complexity index is 1000. The third kappa shape index (κ3) is 3.74. The van der Waals surface area contributed by atoms with Crippen LogP contribution in [0.25, 0.3) is 10.8 Å². The van der Waals surface area contributed by atoms with Crippen molar-refractivity contribution < 1.29 is 9.72 Å². The van der Waals surface area contributed by atoms with E-state index in [1.165, 1.54) is 6.20 Å². The van der Waals surface area contributed by atoms with E-state index in [9.17, 15) is 14.9 Å². The number of aromatic nitrogens is 1. The quantitative estimate of drug-likeness (QED) is 0.574. The van der Waals surface area contributed by atoms with E-state index in [1.807, 2.05) is 42.5 Å². The topological polar surface area (TPSA) is 89.5 Å². The van der Waals surface area contributed by atoms with E-state index in [0.29, 0.717) is 17.9 Å². The molecule has 3 rings (SSSR count). The fraction of sp³-hybridized carbons (Fsp3) is 0.176. The summed E-state index contributed by atoms with van der Waals surface area (Å²) < 4.78 is 1.64. The van der Waals surface area contributed by atoms with Crippen molar-refractivity contribution in [2.75, 3.05) is 6.54 Å². The van der Waals surface area contributed by atoms with Crippen molar-refractivity contribution in [2.45, 2.75) is 13.5 Å². The molecule has 0 unspecified atom stereocenters. The molecule has 128 valence electrons. The van der Waals surface area contributed by atoms with Gasteiger partial charge in [-0.05, 0) is 34.6 Å². The molecule has 2 aromatic carbocycles. The fourth-order valence-electron chi connectivity index (χ4n) is 2.54. The second-order valence-corrected chi connectivity index (χ2v) is 6.31. The predicted octanol–water partition coefficient (Wildman–Crippen LogP) is 3.29. The maximum Gasteiger partial charge on any atom is 0.343 e. The van der Waals surface area contributed by atoms with E-state index in [-0.39, 0.29) is 5.00 Å². The first-order valence-electron chi connectivity index (χ1n) is 7.72. The van der Waals surface area contributed by atoms with Gasteiger partial charge in [-0.2, -0.15) is 4.99 Å². The van der Waals surface area contributed by atoms with E-state index in [4.69, 9.17) is 0 Å². The van der Waals surface area contributed by atoms with Crippen LogP contribution in [-0.4, -0.2) is 22.1 Å². The van der Waals surface area contributed by atoms with Crippen molar-refractivity contribution in [3.8, 4) is 0 Å². The van der Waals surface area contributed by atoms with Crippen molar-refractivity contribution in [1.29, 1.82) is 0 Å². The van der Waals surface area contributed by atoms with Crippen LogP contribution >= 0.6 is 11.3 Å². The van der Waals surface area contributed by atoms with E-state index in [0.717, 1.165) is 27.7 Å². The summed E-state index contributed by atoms with van der Waals surface area (Å²) in [6, 6.07) is 13.3. The van der Waals surface area contributed by atoms with Crippen LogP contribution in [0, 0.1) is 10.1 Å². The van der Waals surface area contributed by atoms with Gasteiger partial charge in [0.25, 0.3) is 0 Å². The van der Waals surface area contributed by atoms with Gasteiger partial charge in [0.2, 0.25) is 4.80 Å². The van der Waals surface area contributed by atoms with Crippen molar-refractivity contribution in [3.05, 3.63) is 69.1 Å². The van der Waals surface area contributed by atoms with Gasteiger partial charge in [-0.3, -0.25) is 10.1 Å². The monoisotopic (exact) mass is 356 g/mol. The van der Waals surface area contributed by atoms with Gasteiger partial charge in [0, 0.05) is 6.54 Å². The molecule has 0 aliphatic carbocycles. The molecule has 0 fully saturated rings. The third-order valence-corrected chi connectivity index (χ3v) is 4.61. The van der Waals surface area contributed by atoms with Crippen molar-refractivity contribution >= 4 is 33.1 Å². The van der Waals surface area contributed by atoms with Gasteiger partial charge in [0.1, 0.15) is 0 Å². The second kappa shape index (κ2) is 7.27. The van der Waals surface area contributed by atoms with Crippen LogP contribution in [0.5, 0.6) is 0 Å². The number of urea groups is 1. The number of thiazole rings is 1. The van der Waals surface area contributed by atoms with Crippen LogP contribution in [0.2, 0.25) is 0 Å². The maximum atomic E-state index is 11.8. The van der Waals surface area contributed by atoms with Crippen LogP contribution in [0.3, 0.4) is 0 Å². The summed E-state index contributed by atoms with van der Waals surface area (Å²) in [5, 5.41) is 15.8. The Morgan fingerprint density at radius 1 is 1.28 bits per heavy atom. The average Bonchev–Trinajstić information content (AvgIpc) is 2.98. The molecular weight excluding hydrogens is 340 g/mol. The molecule has 0 saturated carbocycles. The first kappa shape index (κ1) is 16.8. The molecule has 2 amide bonds. The fourth-order valence-corrected chi connectivity index (χ4v) is 3.35. The number of hydrogen-bond donors (Lipinski definition) is 1. The third-order valence-electron chi connectivity index (χ3n) is 3.63.